The Morgan fingerprint density at radius 3 is 2.80 bits per heavy atom. The Hall–Kier alpha value is -1.17. The average Bonchev–Trinajstić information content (AvgIpc) is 2.12. The fourth-order valence-electron chi connectivity index (χ4n) is 1.28. The molecule has 1 rings (SSSR count). The minimum absolute atomic E-state index is 0.140. The van der Waals surface area contributed by atoms with E-state index in [1.54, 1.807) is 11.8 Å². The summed E-state index contributed by atoms with van der Waals surface area (Å²) in [5, 5.41) is 9.48. The lowest BCUT2D eigenvalue weighted by Gasteiger charge is -2.14. The Balaban J connectivity index is 3.03. The van der Waals surface area contributed by atoms with Crippen molar-refractivity contribution in [2.24, 2.45) is 0 Å². The Labute approximate surface area is 91.1 Å². The van der Waals surface area contributed by atoms with Crippen molar-refractivity contribution in [1.82, 2.24) is 9.55 Å². The molecule has 5 nitrogen and oxygen atoms in total. The third-order valence-electron chi connectivity index (χ3n) is 1.96. The number of hydrogen-bond acceptors (Lipinski definition) is 4. The molecule has 1 heterocycles. The first-order valence-corrected chi connectivity index (χ1v) is 5.84. The zero-order valence-electron chi connectivity index (χ0n) is 8.69. The molecule has 15 heavy (non-hydrogen) atoms. The number of hydrogen-bond donors (Lipinski definition) is 2. The molecule has 0 aliphatic rings. The van der Waals surface area contributed by atoms with E-state index in [-0.39, 0.29) is 11.9 Å². The van der Waals surface area contributed by atoms with Crippen LogP contribution in [-0.4, -0.2) is 26.2 Å². The van der Waals surface area contributed by atoms with Crippen molar-refractivity contribution in [1.29, 1.82) is 0 Å². The standard InChI is InChI=1S/C9H14N2O3S/c1-3-15-5-6(2)11-8(13)4-7(12)10-9(11)14/h4,6,13H,3,5H2,1-2H3,(H,10,12,14). The Bertz CT molecular complexity index is 438. The number of nitrogens with one attached hydrogen (secondary N) is 1. The fraction of sp³-hybridized carbons (Fsp3) is 0.556. The van der Waals surface area contributed by atoms with Gasteiger partial charge in [0, 0.05) is 11.8 Å². The van der Waals surface area contributed by atoms with Crippen LogP contribution in [0.5, 0.6) is 5.88 Å². The quantitative estimate of drug-likeness (QED) is 0.792. The number of thioether (sulfide) groups is 1. The van der Waals surface area contributed by atoms with Gasteiger partial charge in [0.1, 0.15) is 0 Å². The second kappa shape index (κ2) is 5.06. The van der Waals surface area contributed by atoms with Gasteiger partial charge >= 0.3 is 5.69 Å². The van der Waals surface area contributed by atoms with Crippen molar-refractivity contribution >= 4 is 11.8 Å². The van der Waals surface area contributed by atoms with Crippen molar-refractivity contribution in [2.75, 3.05) is 11.5 Å². The summed E-state index contributed by atoms with van der Waals surface area (Å²) in [7, 11) is 0. The Morgan fingerprint density at radius 2 is 2.27 bits per heavy atom. The molecule has 0 fully saturated rings. The predicted molar refractivity (Wildman–Crippen MR) is 60.7 cm³/mol. The third kappa shape index (κ3) is 2.89. The number of H-pyrrole nitrogens is 1. The summed E-state index contributed by atoms with van der Waals surface area (Å²) in [5.74, 6) is 1.38. The molecule has 0 aliphatic carbocycles. The molecule has 0 radical (unpaired) electrons. The summed E-state index contributed by atoms with van der Waals surface area (Å²) in [6, 6.07) is 0.869. The van der Waals surface area contributed by atoms with Gasteiger partial charge < -0.3 is 5.11 Å². The maximum Gasteiger partial charge on any atom is 0.331 e. The Kier molecular flexibility index (Phi) is 4.02. The predicted octanol–water partition coefficient (Wildman–Crippen LogP) is 0.556. The average molecular weight is 230 g/mol. The summed E-state index contributed by atoms with van der Waals surface area (Å²) in [5.41, 5.74) is -1.15. The van der Waals surface area contributed by atoms with Gasteiger partial charge in [-0.2, -0.15) is 11.8 Å². The lowest BCUT2D eigenvalue weighted by molar-refractivity contribution is 0.383. The highest BCUT2D eigenvalue weighted by atomic mass is 32.2. The van der Waals surface area contributed by atoms with Gasteiger partial charge in [0.25, 0.3) is 5.56 Å². The molecule has 0 bridgehead atoms. The highest BCUT2D eigenvalue weighted by Gasteiger charge is 2.11. The van der Waals surface area contributed by atoms with Crippen molar-refractivity contribution in [2.45, 2.75) is 19.9 Å². The van der Waals surface area contributed by atoms with Crippen LogP contribution in [-0.2, 0) is 0 Å². The first-order valence-electron chi connectivity index (χ1n) is 4.68. The van der Waals surface area contributed by atoms with Crippen molar-refractivity contribution in [3.8, 4) is 5.88 Å². The Morgan fingerprint density at radius 1 is 1.60 bits per heavy atom. The highest BCUT2D eigenvalue weighted by molar-refractivity contribution is 7.99. The molecule has 1 aromatic heterocycles. The molecule has 1 atom stereocenters. The van der Waals surface area contributed by atoms with Crippen LogP contribution in [0.1, 0.15) is 19.9 Å². The molecular weight excluding hydrogens is 216 g/mol. The van der Waals surface area contributed by atoms with E-state index in [0.717, 1.165) is 17.6 Å². The van der Waals surface area contributed by atoms with E-state index < -0.39 is 11.2 Å². The van der Waals surface area contributed by atoms with Crippen molar-refractivity contribution < 1.29 is 5.11 Å². The number of rotatable bonds is 4. The van der Waals surface area contributed by atoms with Crippen molar-refractivity contribution in [3.63, 3.8) is 0 Å². The maximum atomic E-state index is 11.4. The largest absolute Gasteiger partial charge is 0.494 e. The lowest BCUT2D eigenvalue weighted by Crippen LogP contribution is -2.31. The van der Waals surface area contributed by atoms with Crippen molar-refractivity contribution in [3.05, 3.63) is 26.9 Å². The minimum atomic E-state index is -0.580. The topological polar surface area (TPSA) is 75.1 Å². The molecule has 0 saturated heterocycles. The molecule has 0 saturated carbocycles. The van der Waals surface area contributed by atoms with E-state index in [1.807, 2.05) is 13.8 Å². The van der Waals surface area contributed by atoms with Crippen LogP contribution in [0.25, 0.3) is 0 Å². The number of aromatic amines is 1. The normalized spacial score (nSPS) is 12.7. The first-order chi connectivity index (χ1) is 7.06. The number of nitrogens with zero attached hydrogens (tertiary/aromatic N) is 1. The third-order valence-corrected chi connectivity index (χ3v) is 3.09. The molecule has 0 aromatic carbocycles. The van der Waals surface area contributed by atoms with E-state index in [2.05, 4.69) is 4.98 Å². The monoisotopic (exact) mass is 230 g/mol. The first kappa shape index (κ1) is 11.9. The summed E-state index contributed by atoms with van der Waals surface area (Å²) in [4.78, 5) is 24.4. The second-order valence-corrected chi connectivity index (χ2v) is 4.49. The molecule has 1 unspecified atom stereocenters. The van der Waals surface area contributed by atoms with Crippen LogP contribution in [0.2, 0.25) is 0 Å². The summed E-state index contributed by atoms with van der Waals surface area (Å²) < 4.78 is 1.18. The zero-order chi connectivity index (χ0) is 11.4. The summed E-state index contributed by atoms with van der Waals surface area (Å²) in [6.45, 7) is 3.84. The van der Waals surface area contributed by atoms with Gasteiger partial charge in [-0.05, 0) is 12.7 Å². The molecule has 6 heteroatoms. The second-order valence-electron chi connectivity index (χ2n) is 3.18. The van der Waals surface area contributed by atoms with Gasteiger partial charge in [-0.15, -0.1) is 0 Å². The van der Waals surface area contributed by atoms with E-state index in [0.29, 0.717) is 0 Å². The molecule has 0 spiro atoms. The van der Waals surface area contributed by atoms with Crippen LogP contribution in [0.15, 0.2) is 15.7 Å². The van der Waals surface area contributed by atoms with Crippen LogP contribution in [0.4, 0.5) is 0 Å². The summed E-state index contributed by atoms with van der Waals surface area (Å²) in [6.07, 6.45) is 0. The fourth-order valence-corrected chi connectivity index (χ4v) is 2.01. The molecular formula is C9H14N2O3S. The van der Waals surface area contributed by atoms with Gasteiger partial charge in [-0.3, -0.25) is 14.3 Å². The van der Waals surface area contributed by atoms with E-state index in [9.17, 15) is 14.7 Å². The maximum absolute atomic E-state index is 11.4. The zero-order valence-corrected chi connectivity index (χ0v) is 9.50. The summed E-state index contributed by atoms with van der Waals surface area (Å²) >= 11 is 1.67. The van der Waals surface area contributed by atoms with Gasteiger partial charge in [0.05, 0.1) is 6.07 Å². The lowest BCUT2D eigenvalue weighted by atomic mass is 10.4. The molecule has 2 N–H and O–H groups in total. The number of aromatic nitrogens is 2. The molecule has 0 aliphatic heterocycles. The van der Waals surface area contributed by atoms with Gasteiger partial charge in [0.2, 0.25) is 5.88 Å². The van der Waals surface area contributed by atoms with Gasteiger partial charge in [-0.1, -0.05) is 6.92 Å². The SMILES string of the molecule is CCSCC(C)n1c(O)cc(=O)[nH]c1=O. The smallest absolute Gasteiger partial charge is 0.331 e. The highest BCUT2D eigenvalue weighted by Crippen LogP contribution is 2.15. The van der Waals surface area contributed by atoms with Crippen LogP contribution >= 0.6 is 11.8 Å². The molecule has 0 amide bonds. The van der Waals surface area contributed by atoms with E-state index >= 15 is 0 Å². The van der Waals surface area contributed by atoms with Gasteiger partial charge in [0.15, 0.2) is 0 Å². The van der Waals surface area contributed by atoms with E-state index in [4.69, 9.17) is 0 Å². The van der Waals surface area contributed by atoms with Crippen LogP contribution < -0.4 is 11.2 Å². The minimum Gasteiger partial charge on any atom is -0.494 e. The molecule has 1 aromatic rings. The number of aromatic hydroxyl groups is 1. The van der Waals surface area contributed by atoms with Crippen LogP contribution in [0.3, 0.4) is 0 Å². The molecule has 84 valence electrons. The van der Waals surface area contributed by atoms with E-state index in [1.165, 1.54) is 4.57 Å². The van der Waals surface area contributed by atoms with Crippen LogP contribution in [0, 0.1) is 0 Å². The van der Waals surface area contributed by atoms with Gasteiger partial charge in [-0.25, -0.2) is 4.79 Å².